The van der Waals surface area contributed by atoms with E-state index in [-0.39, 0.29) is 17.1 Å². The Balaban J connectivity index is 2.15. The number of non-ortho nitro benzene ring substituents is 1. The van der Waals surface area contributed by atoms with Crippen LogP contribution in [0.3, 0.4) is 0 Å². The van der Waals surface area contributed by atoms with Crippen molar-refractivity contribution in [3.05, 3.63) is 69.5 Å². The van der Waals surface area contributed by atoms with E-state index in [1.165, 1.54) is 6.07 Å². The first-order valence-electron chi connectivity index (χ1n) is 6.88. The van der Waals surface area contributed by atoms with Gasteiger partial charge in [-0.25, -0.2) is 0 Å². The second-order valence-corrected chi connectivity index (χ2v) is 5.00. The highest BCUT2D eigenvalue weighted by Crippen LogP contribution is 2.33. The van der Waals surface area contributed by atoms with Crippen molar-refractivity contribution in [3.63, 3.8) is 0 Å². The van der Waals surface area contributed by atoms with Crippen molar-refractivity contribution in [1.82, 2.24) is 0 Å². The maximum absolute atomic E-state index is 12.8. The Hall–Kier alpha value is -3.15. The number of carbonyl (C=O) groups is 1. The van der Waals surface area contributed by atoms with Crippen molar-refractivity contribution in [3.8, 4) is 5.75 Å². The SMILES string of the molecule is COc1ccc(C(=O)c2c(C)oc3c([N+](=O)[O-])cccc23)cc1. The Morgan fingerprint density at radius 1 is 1.17 bits per heavy atom. The third-order valence-electron chi connectivity index (χ3n) is 3.65. The number of methoxy groups -OCH3 is 1. The van der Waals surface area contributed by atoms with Gasteiger partial charge in [-0.1, -0.05) is 6.07 Å². The molecule has 0 atom stereocenters. The highest BCUT2D eigenvalue weighted by atomic mass is 16.6. The number of hydrogen-bond acceptors (Lipinski definition) is 5. The average molecular weight is 311 g/mol. The molecule has 0 amide bonds. The molecular weight excluding hydrogens is 298 g/mol. The summed E-state index contributed by atoms with van der Waals surface area (Å²) in [7, 11) is 1.55. The van der Waals surface area contributed by atoms with E-state index in [1.807, 2.05) is 0 Å². The summed E-state index contributed by atoms with van der Waals surface area (Å²) in [4.78, 5) is 23.3. The molecule has 3 aromatic rings. The third kappa shape index (κ3) is 2.44. The van der Waals surface area contributed by atoms with E-state index in [4.69, 9.17) is 9.15 Å². The lowest BCUT2D eigenvalue weighted by atomic mass is 10.00. The lowest BCUT2D eigenvalue weighted by Crippen LogP contribution is -2.02. The van der Waals surface area contributed by atoms with Crippen molar-refractivity contribution in [2.45, 2.75) is 6.92 Å². The maximum atomic E-state index is 12.8. The molecule has 0 unspecified atom stereocenters. The number of furan rings is 1. The van der Waals surface area contributed by atoms with Crippen LogP contribution in [0, 0.1) is 17.0 Å². The monoisotopic (exact) mass is 311 g/mol. The number of para-hydroxylation sites is 1. The van der Waals surface area contributed by atoms with E-state index >= 15 is 0 Å². The number of carbonyl (C=O) groups excluding carboxylic acids is 1. The molecule has 1 aromatic heterocycles. The minimum atomic E-state index is -0.521. The highest BCUT2D eigenvalue weighted by Gasteiger charge is 2.24. The van der Waals surface area contributed by atoms with Crippen LogP contribution < -0.4 is 4.74 Å². The molecule has 0 bridgehead atoms. The van der Waals surface area contributed by atoms with Gasteiger partial charge in [0.25, 0.3) is 0 Å². The Morgan fingerprint density at radius 3 is 2.48 bits per heavy atom. The predicted octanol–water partition coefficient (Wildman–Crippen LogP) is 3.89. The van der Waals surface area contributed by atoms with Crippen molar-refractivity contribution < 1.29 is 18.9 Å². The van der Waals surface area contributed by atoms with Crippen LogP contribution in [0.1, 0.15) is 21.7 Å². The minimum Gasteiger partial charge on any atom is -0.497 e. The summed E-state index contributed by atoms with van der Waals surface area (Å²) < 4.78 is 10.6. The van der Waals surface area contributed by atoms with Crippen LogP contribution in [0.4, 0.5) is 5.69 Å². The third-order valence-corrected chi connectivity index (χ3v) is 3.65. The van der Waals surface area contributed by atoms with Crippen LogP contribution in [0.15, 0.2) is 46.9 Å². The van der Waals surface area contributed by atoms with E-state index < -0.39 is 4.92 Å². The fraction of sp³-hybridized carbons (Fsp3) is 0.118. The van der Waals surface area contributed by atoms with Gasteiger partial charge in [0.05, 0.1) is 17.6 Å². The van der Waals surface area contributed by atoms with Crippen LogP contribution in [0.25, 0.3) is 11.0 Å². The smallest absolute Gasteiger partial charge is 0.312 e. The summed E-state index contributed by atoms with van der Waals surface area (Å²) in [6.45, 7) is 1.63. The lowest BCUT2D eigenvalue weighted by Gasteiger charge is -2.03. The molecule has 0 N–H and O–H groups in total. The normalized spacial score (nSPS) is 10.7. The van der Waals surface area contributed by atoms with E-state index in [0.29, 0.717) is 28.0 Å². The van der Waals surface area contributed by atoms with Crippen molar-refractivity contribution >= 4 is 22.4 Å². The van der Waals surface area contributed by atoms with Crippen LogP contribution >= 0.6 is 0 Å². The molecule has 0 aliphatic rings. The van der Waals surface area contributed by atoms with Gasteiger partial charge in [0.1, 0.15) is 11.5 Å². The van der Waals surface area contributed by atoms with E-state index in [9.17, 15) is 14.9 Å². The molecule has 0 fully saturated rings. The first-order chi connectivity index (χ1) is 11.0. The number of ketones is 1. The molecular formula is C17H13NO5. The molecule has 0 radical (unpaired) electrons. The Kier molecular flexibility index (Phi) is 3.57. The summed E-state index contributed by atoms with van der Waals surface area (Å²) in [5.41, 5.74) is 0.767. The molecule has 23 heavy (non-hydrogen) atoms. The van der Waals surface area contributed by atoms with Crippen LogP contribution in [0.2, 0.25) is 0 Å². The number of ether oxygens (including phenoxy) is 1. The van der Waals surface area contributed by atoms with E-state index in [2.05, 4.69) is 0 Å². The van der Waals surface area contributed by atoms with Crippen molar-refractivity contribution in [1.29, 1.82) is 0 Å². The number of aryl methyl sites for hydroxylation is 1. The standard InChI is InChI=1S/C17H13NO5/c1-10-15(16(19)11-6-8-12(22-2)9-7-11)13-4-3-5-14(18(20)21)17(13)23-10/h3-9H,1-2H3. The van der Waals surface area contributed by atoms with Gasteiger partial charge >= 0.3 is 5.69 Å². The van der Waals surface area contributed by atoms with Gasteiger partial charge in [-0.15, -0.1) is 0 Å². The van der Waals surface area contributed by atoms with E-state index in [1.54, 1.807) is 50.4 Å². The topological polar surface area (TPSA) is 82.6 Å². The maximum Gasteiger partial charge on any atom is 0.312 e. The Bertz CT molecular complexity index is 909. The number of rotatable bonds is 4. The fourth-order valence-corrected chi connectivity index (χ4v) is 2.54. The fourth-order valence-electron chi connectivity index (χ4n) is 2.54. The molecule has 3 rings (SSSR count). The van der Waals surface area contributed by atoms with Gasteiger partial charge in [0.15, 0.2) is 5.78 Å². The lowest BCUT2D eigenvalue weighted by molar-refractivity contribution is -0.383. The molecule has 0 saturated carbocycles. The van der Waals surface area contributed by atoms with Gasteiger partial charge in [-0.2, -0.15) is 0 Å². The average Bonchev–Trinajstić information content (AvgIpc) is 2.89. The van der Waals surface area contributed by atoms with Crippen LogP contribution in [-0.2, 0) is 0 Å². The zero-order valence-electron chi connectivity index (χ0n) is 12.5. The van der Waals surface area contributed by atoms with Gasteiger partial charge in [-0.05, 0) is 37.3 Å². The van der Waals surface area contributed by atoms with Crippen molar-refractivity contribution in [2.75, 3.05) is 7.11 Å². The quantitative estimate of drug-likeness (QED) is 0.415. The van der Waals surface area contributed by atoms with E-state index in [0.717, 1.165) is 0 Å². The first-order valence-corrected chi connectivity index (χ1v) is 6.88. The van der Waals surface area contributed by atoms with Gasteiger partial charge in [0, 0.05) is 17.0 Å². The number of nitro groups is 1. The molecule has 0 aliphatic heterocycles. The summed E-state index contributed by atoms with van der Waals surface area (Å²) in [6.07, 6.45) is 0. The summed E-state index contributed by atoms with van der Waals surface area (Å²) >= 11 is 0. The second-order valence-electron chi connectivity index (χ2n) is 5.00. The molecule has 1 heterocycles. The summed E-state index contributed by atoms with van der Waals surface area (Å²) in [5, 5.41) is 11.5. The minimum absolute atomic E-state index is 0.117. The summed E-state index contributed by atoms with van der Waals surface area (Å²) in [5.74, 6) is 0.755. The molecule has 0 saturated heterocycles. The van der Waals surface area contributed by atoms with Crippen molar-refractivity contribution in [2.24, 2.45) is 0 Å². The number of hydrogen-bond donors (Lipinski definition) is 0. The largest absolute Gasteiger partial charge is 0.497 e. The number of nitro benzene ring substituents is 1. The second kappa shape index (κ2) is 5.57. The number of nitrogens with zero attached hydrogens (tertiary/aromatic N) is 1. The number of benzene rings is 2. The summed E-state index contributed by atoms with van der Waals surface area (Å²) in [6, 6.07) is 11.2. The molecule has 2 aromatic carbocycles. The van der Waals surface area contributed by atoms with Gasteiger partial charge < -0.3 is 9.15 Å². The molecule has 0 aliphatic carbocycles. The Labute approximate surface area is 131 Å². The molecule has 116 valence electrons. The highest BCUT2D eigenvalue weighted by molar-refractivity contribution is 6.17. The first kappa shape index (κ1) is 14.8. The molecule has 6 nitrogen and oxygen atoms in total. The van der Waals surface area contributed by atoms with Gasteiger partial charge in [-0.3, -0.25) is 14.9 Å². The van der Waals surface area contributed by atoms with Crippen LogP contribution in [-0.4, -0.2) is 17.8 Å². The predicted molar refractivity (Wildman–Crippen MR) is 84.0 cm³/mol. The zero-order valence-corrected chi connectivity index (χ0v) is 12.5. The Morgan fingerprint density at radius 2 is 1.87 bits per heavy atom. The molecule has 6 heteroatoms. The zero-order chi connectivity index (χ0) is 16.6. The molecule has 0 spiro atoms. The van der Waals surface area contributed by atoms with Crippen LogP contribution in [0.5, 0.6) is 5.75 Å². The number of fused-ring (bicyclic) bond motifs is 1. The van der Waals surface area contributed by atoms with Gasteiger partial charge in [0.2, 0.25) is 5.58 Å².